The second-order valence-electron chi connectivity index (χ2n) is 3.70. The van der Waals surface area contributed by atoms with Crippen molar-refractivity contribution in [2.75, 3.05) is 12.9 Å². The van der Waals surface area contributed by atoms with Crippen molar-refractivity contribution in [3.8, 4) is 11.5 Å². The summed E-state index contributed by atoms with van der Waals surface area (Å²) in [5.41, 5.74) is 0.846. The smallest absolute Gasteiger partial charge is 0.321 e. The standard InChI is InChI=1S/C11H13NO4S/c1-16-9-4-6(13)2-3-7(9)10-12-8(5-17-10)11(14)15/h2-4,8,10,12-13H,5H2,1H3,(H,14,15)/t8-,10-/m0/s1. The fraction of sp³-hybridized carbons (Fsp3) is 0.364. The van der Waals surface area contributed by atoms with Gasteiger partial charge in [-0.05, 0) is 12.1 Å². The lowest BCUT2D eigenvalue weighted by Crippen LogP contribution is -2.33. The number of rotatable bonds is 3. The molecule has 1 aromatic carbocycles. The molecule has 6 heteroatoms. The van der Waals surface area contributed by atoms with E-state index in [4.69, 9.17) is 9.84 Å². The largest absolute Gasteiger partial charge is 0.508 e. The van der Waals surface area contributed by atoms with Crippen LogP contribution in [0.5, 0.6) is 11.5 Å². The van der Waals surface area contributed by atoms with E-state index in [2.05, 4.69) is 5.32 Å². The molecule has 92 valence electrons. The predicted octanol–water partition coefficient (Wildman–Crippen LogP) is 1.19. The summed E-state index contributed by atoms with van der Waals surface area (Å²) in [4.78, 5) is 10.8. The third-order valence-corrected chi connectivity index (χ3v) is 3.83. The van der Waals surface area contributed by atoms with Crippen LogP contribution in [0.25, 0.3) is 0 Å². The van der Waals surface area contributed by atoms with Crippen LogP contribution in [0.2, 0.25) is 0 Å². The first-order valence-corrected chi connectivity index (χ1v) is 6.14. The number of carboxylic acid groups (broad SMARTS) is 1. The summed E-state index contributed by atoms with van der Waals surface area (Å²) in [6.45, 7) is 0. The van der Waals surface area contributed by atoms with Gasteiger partial charge in [0.1, 0.15) is 17.5 Å². The quantitative estimate of drug-likeness (QED) is 0.753. The van der Waals surface area contributed by atoms with Crippen molar-refractivity contribution >= 4 is 17.7 Å². The number of aliphatic carboxylic acids is 1. The van der Waals surface area contributed by atoms with Crippen molar-refractivity contribution < 1.29 is 19.7 Å². The van der Waals surface area contributed by atoms with E-state index in [1.165, 1.54) is 24.9 Å². The lowest BCUT2D eigenvalue weighted by atomic mass is 10.1. The van der Waals surface area contributed by atoms with E-state index >= 15 is 0 Å². The summed E-state index contributed by atoms with van der Waals surface area (Å²) in [6.07, 6.45) is 0. The second-order valence-corrected chi connectivity index (χ2v) is 4.84. The molecule has 2 rings (SSSR count). The molecule has 1 aliphatic rings. The molecule has 5 nitrogen and oxygen atoms in total. The molecule has 1 aliphatic heterocycles. The van der Waals surface area contributed by atoms with Crippen LogP contribution in [-0.2, 0) is 4.79 Å². The van der Waals surface area contributed by atoms with Crippen molar-refractivity contribution in [2.24, 2.45) is 0 Å². The van der Waals surface area contributed by atoms with Gasteiger partial charge in [-0.25, -0.2) is 0 Å². The minimum absolute atomic E-state index is 0.119. The van der Waals surface area contributed by atoms with Gasteiger partial charge in [0.05, 0.1) is 12.5 Å². The highest BCUT2D eigenvalue weighted by Crippen LogP contribution is 2.38. The fourth-order valence-corrected chi connectivity index (χ4v) is 2.97. The average molecular weight is 255 g/mol. The number of aromatic hydroxyl groups is 1. The number of nitrogens with one attached hydrogen (secondary N) is 1. The van der Waals surface area contributed by atoms with Gasteiger partial charge in [0, 0.05) is 17.4 Å². The van der Waals surface area contributed by atoms with Gasteiger partial charge in [0.15, 0.2) is 0 Å². The van der Waals surface area contributed by atoms with Crippen LogP contribution >= 0.6 is 11.8 Å². The van der Waals surface area contributed by atoms with Crippen molar-refractivity contribution in [3.63, 3.8) is 0 Å². The van der Waals surface area contributed by atoms with Crippen LogP contribution in [0.4, 0.5) is 0 Å². The van der Waals surface area contributed by atoms with Crippen LogP contribution in [-0.4, -0.2) is 35.1 Å². The van der Waals surface area contributed by atoms with Crippen LogP contribution in [0, 0.1) is 0 Å². The van der Waals surface area contributed by atoms with Gasteiger partial charge in [-0.1, -0.05) is 0 Å². The van der Waals surface area contributed by atoms with Crippen molar-refractivity contribution in [1.29, 1.82) is 0 Å². The summed E-state index contributed by atoms with van der Waals surface area (Å²) in [7, 11) is 1.52. The molecule has 0 radical (unpaired) electrons. The van der Waals surface area contributed by atoms with E-state index in [1.807, 2.05) is 0 Å². The van der Waals surface area contributed by atoms with Crippen LogP contribution < -0.4 is 10.1 Å². The normalized spacial score (nSPS) is 23.6. The van der Waals surface area contributed by atoms with Crippen molar-refractivity contribution in [2.45, 2.75) is 11.4 Å². The SMILES string of the molecule is COc1cc(O)ccc1[C@H]1N[C@H](C(=O)O)CS1. The molecule has 0 spiro atoms. The Bertz CT molecular complexity index is 437. The molecule has 0 unspecified atom stereocenters. The maximum atomic E-state index is 10.8. The van der Waals surface area contributed by atoms with Crippen molar-refractivity contribution in [3.05, 3.63) is 23.8 Å². The summed E-state index contributed by atoms with van der Waals surface area (Å²) in [6, 6.07) is 4.28. The molecule has 0 saturated carbocycles. The average Bonchev–Trinajstić information content (AvgIpc) is 2.78. The second kappa shape index (κ2) is 4.85. The van der Waals surface area contributed by atoms with Gasteiger partial charge in [0.2, 0.25) is 0 Å². The molecule has 0 aromatic heterocycles. The van der Waals surface area contributed by atoms with Gasteiger partial charge in [-0.15, -0.1) is 11.8 Å². The number of methoxy groups -OCH3 is 1. The Kier molecular flexibility index (Phi) is 3.44. The zero-order valence-corrected chi connectivity index (χ0v) is 10.0. The fourth-order valence-electron chi connectivity index (χ4n) is 1.71. The lowest BCUT2D eigenvalue weighted by molar-refractivity contribution is -0.138. The minimum atomic E-state index is -0.849. The first kappa shape index (κ1) is 12.1. The molecule has 1 heterocycles. The van der Waals surface area contributed by atoms with Gasteiger partial charge in [-0.3, -0.25) is 10.1 Å². The third-order valence-electron chi connectivity index (χ3n) is 2.58. The number of carbonyl (C=O) groups is 1. The summed E-state index contributed by atoms with van der Waals surface area (Å²) in [5.74, 6) is 0.353. The molecule has 2 atom stereocenters. The van der Waals surface area contributed by atoms with Crippen LogP contribution in [0.1, 0.15) is 10.9 Å². The number of carboxylic acids is 1. The van der Waals surface area contributed by atoms with Gasteiger partial charge in [0.25, 0.3) is 0 Å². The molecule has 1 saturated heterocycles. The number of thioether (sulfide) groups is 1. The zero-order chi connectivity index (χ0) is 12.4. The Morgan fingerprint density at radius 2 is 2.35 bits per heavy atom. The molecule has 0 aliphatic carbocycles. The highest BCUT2D eigenvalue weighted by atomic mass is 32.2. The lowest BCUT2D eigenvalue weighted by Gasteiger charge is -2.15. The summed E-state index contributed by atoms with van der Waals surface area (Å²) in [5, 5.41) is 21.1. The Morgan fingerprint density at radius 3 is 2.94 bits per heavy atom. The number of phenols is 1. The molecule has 1 aromatic rings. The van der Waals surface area contributed by atoms with E-state index in [-0.39, 0.29) is 11.1 Å². The molecular weight excluding hydrogens is 242 g/mol. The van der Waals surface area contributed by atoms with E-state index in [0.717, 1.165) is 5.56 Å². The summed E-state index contributed by atoms with van der Waals surface area (Å²) < 4.78 is 5.17. The maximum Gasteiger partial charge on any atom is 0.321 e. The van der Waals surface area contributed by atoms with Gasteiger partial charge < -0.3 is 14.9 Å². The zero-order valence-electron chi connectivity index (χ0n) is 9.21. The highest BCUT2D eigenvalue weighted by molar-refractivity contribution is 7.99. The monoisotopic (exact) mass is 255 g/mol. The molecular formula is C11H13NO4S. The Balaban J connectivity index is 2.21. The van der Waals surface area contributed by atoms with E-state index in [0.29, 0.717) is 11.5 Å². The number of ether oxygens (including phenoxy) is 1. The molecule has 0 amide bonds. The first-order valence-electron chi connectivity index (χ1n) is 5.09. The molecule has 0 bridgehead atoms. The number of hydrogen-bond acceptors (Lipinski definition) is 5. The predicted molar refractivity (Wildman–Crippen MR) is 64.4 cm³/mol. The maximum absolute atomic E-state index is 10.8. The van der Waals surface area contributed by atoms with Gasteiger partial charge in [-0.2, -0.15) is 0 Å². The van der Waals surface area contributed by atoms with Crippen LogP contribution in [0.3, 0.4) is 0 Å². The van der Waals surface area contributed by atoms with E-state index in [9.17, 15) is 9.90 Å². The number of hydrogen-bond donors (Lipinski definition) is 3. The van der Waals surface area contributed by atoms with Crippen molar-refractivity contribution in [1.82, 2.24) is 5.32 Å². The van der Waals surface area contributed by atoms with E-state index < -0.39 is 12.0 Å². The minimum Gasteiger partial charge on any atom is -0.508 e. The molecule has 1 fully saturated rings. The third kappa shape index (κ3) is 2.48. The molecule has 17 heavy (non-hydrogen) atoms. The number of benzene rings is 1. The van der Waals surface area contributed by atoms with Gasteiger partial charge >= 0.3 is 5.97 Å². The highest BCUT2D eigenvalue weighted by Gasteiger charge is 2.31. The molecule has 3 N–H and O–H groups in total. The topological polar surface area (TPSA) is 78.8 Å². The van der Waals surface area contributed by atoms with E-state index in [1.54, 1.807) is 12.1 Å². The number of phenolic OH excluding ortho intramolecular Hbond substituents is 1. The summed E-state index contributed by atoms with van der Waals surface area (Å²) >= 11 is 1.51. The van der Waals surface area contributed by atoms with Crippen LogP contribution in [0.15, 0.2) is 18.2 Å². The Labute approximate surface area is 103 Å². The first-order chi connectivity index (χ1) is 8.11. The Morgan fingerprint density at radius 1 is 1.59 bits per heavy atom. The Hall–Kier alpha value is -1.40.